The average Bonchev–Trinajstić information content (AvgIpc) is 2.92. The van der Waals surface area contributed by atoms with Crippen molar-refractivity contribution < 1.29 is 0 Å². The third-order valence-electron chi connectivity index (χ3n) is 2.68. The van der Waals surface area contributed by atoms with E-state index in [2.05, 4.69) is 25.1 Å². The van der Waals surface area contributed by atoms with Crippen LogP contribution in [0.5, 0.6) is 0 Å². The summed E-state index contributed by atoms with van der Waals surface area (Å²) in [6.07, 6.45) is 9.23. The number of anilines is 1. The van der Waals surface area contributed by atoms with Gasteiger partial charge in [-0.05, 0) is 18.9 Å². The monoisotopic (exact) mass is 276 g/mol. The van der Waals surface area contributed by atoms with Gasteiger partial charge in [0.25, 0.3) is 0 Å². The van der Waals surface area contributed by atoms with Crippen LogP contribution in [0.1, 0.15) is 18.4 Å². The van der Waals surface area contributed by atoms with Gasteiger partial charge in [-0.25, -0.2) is 4.98 Å². The molecule has 0 aliphatic rings. The van der Waals surface area contributed by atoms with Gasteiger partial charge in [-0.2, -0.15) is 5.10 Å². The Kier molecular flexibility index (Phi) is 4.79. The molecule has 0 amide bonds. The molecule has 19 heavy (non-hydrogen) atoms. The predicted octanol–water partition coefficient (Wildman–Crippen LogP) is 1.20. The summed E-state index contributed by atoms with van der Waals surface area (Å²) in [4.78, 5) is 4.33. The topological polar surface area (TPSA) is 81.6 Å². The second-order valence-corrected chi connectivity index (χ2v) is 4.53. The molecule has 0 radical (unpaired) electrons. The third-order valence-corrected chi connectivity index (χ3v) is 2.90. The maximum absolute atomic E-state index is 5.62. The number of unbranched alkanes of at least 4 members (excludes halogenated alkanes) is 1. The molecule has 0 spiro atoms. The highest BCUT2D eigenvalue weighted by molar-refractivity contribution is 7.80. The van der Waals surface area contributed by atoms with Gasteiger partial charge in [0.1, 0.15) is 4.99 Å². The van der Waals surface area contributed by atoms with Crippen molar-refractivity contribution in [2.45, 2.75) is 19.4 Å². The molecule has 3 N–H and O–H groups in total. The molecule has 0 aliphatic carbocycles. The van der Waals surface area contributed by atoms with Crippen molar-refractivity contribution >= 4 is 23.0 Å². The third kappa shape index (κ3) is 3.99. The van der Waals surface area contributed by atoms with Crippen molar-refractivity contribution in [1.82, 2.24) is 19.7 Å². The molecule has 6 nitrogen and oxygen atoms in total. The second-order valence-electron chi connectivity index (χ2n) is 4.09. The summed E-state index contributed by atoms with van der Waals surface area (Å²) in [5.41, 5.74) is 6.36. The van der Waals surface area contributed by atoms with E-state index in [0.717, 1.165) is 31.5 Å². The minimum Gasteiger partial charge on any atom is -0.389 e. The Morgan fingerprint density at radius 2 is 2.26 bits per heavy atom. The Labute approximate surface area is 117 Å². The van der Waals surface area contributed by atoms with Crippen LogP contribution in [0, 0.1) is 0 Å². The lowest BCUT2D eigenvalue weighted by Gasteiger charge is -2.08. The molecule has 0 bridgehead atoms. The molecule has 2 aromatic heterocycles. The van der Waals surface area contributed by atoms with E-state index in [-0.39, 0.29) is 0 Å². The highest BCUT2D eigenvalue weighted by atomic mass is 32.1. The molecule has 2 aromatic rings. The maximum atomic E-state index is 5.62. The average molecular weight is 276 g/mol. The second kappa shape index (κ2) is 6.79. The van der Waals surface area contributed by atoms with Gasteiger partial charge >= 0.3 is 0 Å². The minimum absolute atomic E-state index is 0.329. The van der Waals surface area contributed by atoms with Crippen molar-refractivity contribution in [3.05, 3.63) is 36.5 Å². The van der Waals surface area contributed by atoms with Gasteiger partial charge in [0.2, 0.25) is 0 Å². The minimum atomic E-state index is 0.329. The number of nitrogens with two attached hydrogens (primary N) is 1. The lowest BCUT2D eigenvalue weighted by Crippen LogP contribution is -2.15. The predicted molar refractivity (Wildman–Crippen MR) is 77.9 cm³/mol. The lowest BCUT2D eigenvalue weighted by molar-refractivity contribution is 0.620. The number of thiocarbonyl (C=S) groups is 1. The quantitative estimate of drug-likeness (QED) is 0.584. The largest absolute Gasteiger partial charge is 0.389 e. The molecule has 0 aliphatic heterocycles. The van der Waals surface area contributed by atoms with Crippen LogP contribution in [-0.2, 0) is 6.54 Å². The van der Waals surface area contributed by atoms with Gasteiger partial charge in [-0.1, -0.05) is 12.2 Å². The number of nitrogens with one attached hydrogen (secondary N) is 1. The van der Waals surface area contributed by atoms with Crippen LogP contribution in [0.25, 0.3) is 0 Å². The van der Waals surface area contributed by atoms with Gasteiger partial charge in [-0.15, -0.1) is 5.10 Å². The molecule has 2 rings (SSSR count). The van der Waals surface area contributed by atoms with Gasteiger partial charge in [0.15, 0.2) is 5.82 Å². The van der Waals surface area contributed by atoms with E-state index in [1.807, 2.05) is 12.5 Å². The highest BCUT2D eigenvalue weighted by Crippen LogP contribution is 2.10. The number of hydrogen-bond acceptors (Lipinski definition) is 5. The molecule has 0 unspecified atom stereocenters. The standard InChI is InChI=1S/C12H16N6S/c13-11(19)10-3-5-16-17-12(10)15-4-1-2-7-18-8-6-14-9-18/h3,5-6,8-9H,1-2,4,7H2,(H2,13,19)(H,15,17). The zero-order valence-corrected chi connectivity index (χ0v) is 11.3. The first-order chi connectivity index (χ1) is 9.27. The molecule has 100 valence electrons. The number of hydrogen-bond donors (Lipinski definition) is 2. The van der Waals surface area contributed by atoms with Crippen LogP contribution >= 0.6 is 12.2 Å². The fourth-order valence-corrected chi connectivity index (χ4v) is 1.87. The van der Waals surface area contributed by atoms with Gasteiger partial charge in [0.05, 0.1) is 18.1 Å². The van der Waals surface area contributed by atoms with Crippen molar-refractivity contribution in [2.24, 2.45) is 5.73 Å². The molecular formula is C12H16N6S. The summed E-state index contributed by atoms with van der Waals surface area (Å²) in [6.45, 7) is 1.77. The molecule has 0 saturated heterocycles. The molecule has 0 aromatic carbocycles. The van der Waals surface area contributed by atoms with E-state index >= 15 is 0 Å². The Hall–Kier alpha value is -2.02. The van der Waals surface area contributed by atoms with Crippen molar-refractivity contribution in [3.8, 4) is 0 Å². The van der Waals surface area contributed by atoms with Crippen LogP contribution in [0.4, 0.5) is 5.82 Å². The number of aryl methyl sites for hydroxylation is 1. The molecule has 0 saturated carbocycles. The van der Waals surface area contributed by atoms with Crippen LogP contribution in [0.2, 0.25) is 0 Å². The zero-order valence-electron chi connectivity index (χ0n) is 10.5. The summed E-state index contributed by atoms with van der Waals surface area (Å²) >= 11 is 4.96. The molecule has 0 atom stereocenters. The Morgan fingerprint density at radius 1 is 1.37 bits per heavy atom. The van der Waals surface area contributed by atoms with Crippen LogP contribution in [0.15, 0.2) is 31.0 Å². The van der Waals surface area contributed by atoms with E-state index in [9.17, 15) is 0 Å². The van der Waals surface area contributed by atoms with E-state index in [4.69, 9.17) is 18.0 Å². The normalized spacial score (nSPS) is 10.3. The van der Waals surface area contributed by atoms with Crippen LogP contribution in [0.3, 0.4) is 0 Å². The summed E-state index contributed by atoms with van der Waals surface area (Å²) in [5.74, 6) is 0.651. The van der Waals surface area contributed by atoms with Crippen LogP contribution < -0.4 is 11.1 Å². The summed E-state index contributed by atoms with van der Waals surface area (Å²) < 4.78 is 2.06. The first-order valence-corrected chi connectivity index (χ1v) is 6.49. The van der Waals surface area contributed by atoms with Gasteiger partial charge < -0.3 is 15.6 Å². The molecule has 7 heteroatoms. The van der Waals surface area contributed by atoms with Crippen LogP contribution in [-0.4, -0.2) is 31.3 Å². The number of rotatable bonds is 7. The smallest absolute Gasteiger partial charge is 0.158 e. The van der Waals surface area contributed by atoms with E-state index in [1.165, 1.54) is 0 Å². The number of aromatic nitrogens is 4. The Bertz CT molecular complexity index is 525. The maximum Gasteiger partial charge on any atom is 0.158 e. The Balaban J connectivity index is 1.75. The Morgan fingerprint density at radius 3 is 3.00 bits per heavy atom. The lowest BCUT2D eigenvalue weighted by atomic mass is 10.2. The number of imidazole rings is 1. The van der Waals surface area contributed by atoms with Gasteiger partial charge in [0, 0.05) is 25.5 Å². The van der Waals surface area contributed by atoms with Gasteiger partial charge in [-0.3, -0.25) is 0 Å². The molecule has 2 heterocycles. The molecule has 0 fully saturated rings. The summed E-state index contributed by atoms with van der Waals surface area (Å²) in [7, 11) is 0. The highest BCUT2D eigenvalue weighted by Gasteiger charge is 2.05. The van der Waals surface area contributed by atoms with Crippen molar-refractivity contribution in [1.29, 1.82) is 0 Å². The first-order valence-electron chi connectivity index (χ1n) is 6.08. The molecular weight excluding hydrogens is 260 g/mol. The van der Waals surface area contributed by atoms with Crippen molar-refractivity contribution in [2.75, 3.05) is 11.9 Å². The zero-order chi connectivity index (χ0) is 13.5. The summed E-state index contributed by atoms with van der Waals surface area (Å²) in [5, 5.41) is 11.0. The summed E-state index contributed by atoms with van der Waals surface area (Å²) in [6, 6.07) is 1.77. The van der Waals surface area contributed by atoms with E-state index in [0.29, 0.717) is 10.8 Å². The fourth-order valence-electron chi connectivity index (χ4n) is 1.71. The van der Waals surface area contributed by atoms with E-state index < -0.39 is 0 Å². The first kappa shape index (κ1) is 13.4. The van der Waals surface area contributed by atoms with E-state index in [1.54, 1.807) is 18.5 Å². The SMILES string of the molecule is NC(=S)c1ccnnc1NCCCCn1ccnc1. The fraction of sp³-hybridized carbons (Fsp3) is 0.333. The van der Waals surface area contributed by atoms with Crippen molar-refractivity contribution in [3.63, 3.8) is 0 Å². The number of nitrogens with zero attached hydrogens (tertiary/aromatic N) is 4.